The number of esters is 1. The fourth-order valence-electron chi connectivity index (χ4n) is 5.67. The molecule has 0 amide bonds. The van der Waals surface area contributed by atoms with Gasteiger partial charge in [0, 0.05) is 19.6 Å². The molecular weight excluding hydrogens is 794 g/mol. The molecule has 2 unspecified atom stereocenters. The van der Waals surface area contributed by atoms with E-state index in [2.05, 4.69) is 148 Å². The van der Waals surface area contributed by atoms with Gasteiger partial charge in [0.2, 0.25) is 0 Å². The fourth-order valence-corrected chi connectivity index (χ4v) is 6.44. The van der Waals surface area contributed by atoms with Gasteiger partial charge in [0.25, 0.3) is 0 Å². The van der Waals surface area contributed by atoms with E-state index in [0.717, 1.165) is 109 Å². The van der Waals surface area contributed by atoms with E-state index in [1.54, 1.807) is 0 Å². The van der Waals surface area contributed by atoms with Crippen molar-refractivity contribution in [2.75, 3.05) is 33.0 Å². The number of allylic oxidation sites excluding steroid dienone is 22. The van der Waals surface area contributed by atoms with Gasteiger partial charge in [-0.1, -0.05) is 173 Å². The Hall–Kier alpha value is -3.36. The van der Waals surface area contributed by atoms with Gasteiger partial charge in [-0.15, -0.1) is 0 Å². The number of phosphoric ester groups is 1. The van der Waals surface area contributed by atoms with Crippen LogP contribution in [-0.4, -0.2) is 49.9 Å². The van der Waals surface area contributed by atoms with Gasteiger partial charge in [0.1, 0.15) is 6.10 Å². The van der Waals surface area contributed by atoms with Crippen LogP contribution < -0.4 is 5.73 Å². The maximum absolute atomic E-state index is 12.6. The standard InChI is InChI=1S/C53H86NO7P/c1-3-5-7-9-11-13-15-17-19-21-23-25-27-29-31-33-35-37-39-41-43-45-48-58-50-52(51-60-62(56,57)59-49-47-54)61-53(55)46-44-42-40-38-36-34-32-30-28-26-24-22-20-18-16-14-12-10-8-6-4-2/h5-8,11-14,17-20,23-26,29-32,36,38,52H,3-4,9-10,15-16,21-22,27-28,33-35,37,39-51,54H2,1-2H3,(H,56,57)/b7-5-,8-6-,13-11-,14-12-,19-17-,20-18-,25-23-,26-24-,31-29-,32-30-,38-36-. The molecule has 0 saturated heterocycles. The highest BCUT2D eigenvalue weighted by molar-refractivity contribution is 7.47. The van der Waals surface area contributed by atoms with Gasteiger partial charge in [-0.25, -0.2) is 4.57 Å². The number of nitrogens with two attached hydrogens (primary N) is 1. The van der Waals surface area contributed by atoms with Crippen molar-refractivity contribution in [1.82, 2.24) is 0 Å². The van der Waals surface area contributed by atoms with Crippen molar-refractivity contribution in [3.8, 4) is 0 Å². The first-order valence-corrected chi connectivity index (χ1v) is 25.2. The number of carbonyl (C=O) groups excluding carboxylic acids is 1. The van der Waals surface area contributed by atoms with E-state index in [0.29, 0.717) is 13.0 Å². The minimum Gasteiger partial charge on any atom is -0.457 e. The fraction of sp³-hybridized carbons (Fsp3) is 0.566. The molecule has 0 aromatic heterocycles. The van der Waals surface area contributed by atoms with Crippen molar-refractivity contribution in [1.29, 1.82) is 0 Å². The van der Waals surface area contributed by atoms with Crippen LogP contribution in [0.15, 0.2) is 134 Å². The summed E-state index contributed by atoms with van der Waals surface area (Å²) in [6.07, 6.45) is 69.1. The van der Waals surface area contributed by atoms with Crippen LogP contribution in [0.3, 0.4) is 0 Å². The Morgan fingerprint density at radius 3 is 1.27 bits per heavy atom. The second kappa shape index (κ2) is 48.7. The molecule has 0 saturated carbocycles. The van der Waals surface area contributed by atoms with Crippen LogP contribution in [-0.2, 0) is 27.9 Å². The third-order valence-electron chi connectivity index (χ3n) is 9.06. The Morgan fingerprint density at radius 2 is 0.855 bits per heavy atom. The highest BCUT2D eigenvalue weighted by Gasteiger charge is 2.25. The van der Waals surface area contributed by atoms with E-state index in [9.17, 15) is 14.3 Å². The van der Waals surface area contributed by atoms with Crippen LogP contribution in [0, 0.1) is 0 Å². The van der Waals surface area contributed by atoms with E-state index in [-0.39, 0.29) is 38.8 Å². The zero-order valence-electron chi connectivity index (χ0n) is 38.8. The second-order valence-corrected chi connectivity index (χ2v) is 16.3. The summed E-state index contributed by atoms with van der Waals surface area (Å²) in [5, 5.41) is 0. The van der Waals surface area contributed by atoms with Crippen molar-refractivity contribution in [3.63, 3.8) is 0 Å². The van der Waals surface area contributed by atoms with Crippen molar-refractivity contribution < 1.29 is 32.8 Å². The molecule has 0 spiro atoms. The number of hydrogen-bond donors (Lipinski definition) is 2. The molecule has 3 N–H and O–H groups in total. The van der Waals surface area contributed by atoms with Gasteiger partial charge in [0.15, 0.2) is 0 Å². The number of rotatable bonds is 43. The highest BCUT2D eigenvalue weighted by Crippen LogP contribution is 2.43. The topological polar surface area (TPSA) is 117 Å². The number of ether oxygens (including phenoxy) is 2. The molecule has 0 radical (unpaired) electrons. The normalized spacial score (nSPS) is 14.6. The molecule has 0 bridgehead atoms. The number of carbonyl (C=O) groups is 1. The molecular formula is C53H86NO7P. The summed E-state index contributed by atoms with van der Waals surface area (Å²) < 4.78 is 33.5. The summed E-state index contributed by atoms with van der Waals surface area (Å²) in [6, 6.07) is 0. The van der Waals surface area contributed by atoms with Crippen molar-refractivity contribution in [2.45, 2.75) is 161 Å². The SMILES string of the molecule is CC/C=C\C/C=C\C/C=C\C/C=C\C/C=C\C/C=C\CCCCC(=O)OC(COCCCCCCCC/C=C\C/C=C\C/C=C\C/C=C\C/C=C\CC)COP(=O)(O)OCCN. The highest BCUT2D eigenvalue weighted by atomic mass is 31.2. The van der Waals surface area contributed by atoms with E-state index < -0.39 is 13.9 Å². The minimum atomic E-state index is -4.31. The average Bonchev–Trinajstić information content (AvgIpc) is 3.26. The third-order valence-corrected chi connectivity index (χ3v) is 10.0. The molecule has 9 heteroatoms. The summed E-state index contributed by atoms with van der Waals surface area (Å²) in [4.78, 5) is 22.5. The predicted molar refractivity (Wildman–Crippen MR) is 265 cm³/mol. The predicted octanol–water partition coefficient (Wildman–Crippen LogP) is 14.7. The molecule has 62 heavy (non-hydrogen) atoms. The molecule has 2 atom stereocenters. The lowest BCUT2D eigenvalue weighted by Crippen LogP contribution is -2.28. The molecule has 8 nitrogen and oxygen atoms in total. The lowest BCUT2D eigenvalue weighted by Gasteiger charge is -2.20. The number of unbranched alkanes of at least 4 members (excludes halogenated alkanes) is 8. The van der Waals surface area contributed by atoms with E-state index in [1.165, 1.54) is 19.3 Å². The van der Waals surface area contributed by atoms with Crippen LogP contribution in [0.4, 0.5) is 0 Å². The van der Waals surface area contributed by atoms with E-state index >= 15 is 0 Å². The van der Waals surface area contributed by atoms with Crippen molar-refractivity contribution in [3.05, 3.63) is 134 Å². The molecule has 0 rings (SSSR count). The number of hydrogen-bond acceptors (Lipinski definition) is 7. The molecule has 0 aromatic rings. The van der Waals surface area contributed by atoms with E-state index in [1.807, 2.05) is 0 Å². The molecule has 0 aliphatic rings. The van der Waals surface area contributed by atoms with Gasteiger partial charge >= 0.3 is 13.8 Å². The quantitative estimate of drug-likeness (QED) is 0.0269. The van der Waals surface area contributed by atoms with Gasteiger partial charge in [-0.3, -0.25) is 13.8 Å². The minimum absolute atomic E-state index is 0.0778. The summed E-state index contributed by atoms with van der Waals surface area (Å²) in [5.41, 5.74) is 5.38. The Bertz CT molecular complexity index is 1400. The first-order valence-electron chi connectivity index (χ1n) is 23.7. The maximum Gasteiger partial charge on any atom is 0.472 e. The third kappa shape index (κ3) is 47.7. The second-order valence-electron chi connectivity index (χ2n) is 14.9. The zero-order chi connectivity index (χ0) is 45.1. The molecule has 350 valence electrons. The first kappa shape index (κ1) is 58.6. The van der Waals surface area contributed by atoms with Crippen molar-refractivity contribution >= 4 is 13.8 Å². The van der Waals surface area contributed by atoms with Crippen LogP contribution in [0.5, 0.6) is 0 Å². The van der Waals surface area contributed by atoms with Gasteiger partial charge in [0.05, 0.1) is 19.8 Å². The van der Waals surface area contributed by atoms with Crippen LogP contribution in [0.2, 0.25) is 0 Å². The zero-order valence-corrected chi connectivity index (χ0v) is 39.7. The average molecular weight is 880 g/mol. The summed E-state index contributed by atoms with van der Waals surface area (Å²) in [7, 11) is -4.31. The van der Waals surface area contributed by atoms with E-state index in [4.69, 9.17) is 24.3 Å². The Kier molecular flexibility index (Phi) is 46.0. The number of phosphoric acid groups is 1. The van der Waals surface area contributed by atoms with Crippen LogP contribution >= 0.6 is 7.82 Å². The van der Waals surface area contributed by atoms with Crippen LogP contribution in [0.1, 0.15) is 155 Å². The van der Waals surface area contributed by atoms with Gasteiger partial charge in [-0.2, -0.15) is 0 Å². The Morgan fingerprint density at radius 1 is 0.484 bits per heavy atom. The Labute approximate surface area is 378 Å². The maximum atomic E-state index is 12.6. The molecule has 0 heterocycles. The summed E-state index contributed by atoms with van der Waals surface area (Å²) >= 11 is 0. The lowest BCUT2D eigenvalue weighted by atomic mass is 10.1. The molecule has 0 aliphatic heterocycles. The largest absolute Gasteiger partial charge is 0.472 e. The molecule has 0 fully saturated rings. The first-order chi connectivity index (χ1) is 30.4. The smallest absolute Gasteiger partial charge is 0.457 e. The summed E-state index contributed by atoms with van der Waals surface area (Å²) in [6.45, 7) is 4.55. The van der Waals surface area contributed by atoms with Gasteiger partial charge in [-0.05, 0) is 109 Å². The lowest BCUT2D eigenvalue weighted by molar-refractivity contribution is -0.154. The van der Waals surface area contributed by atoms with Crippen molar-refractivity contribution in [2.24, 2.45) is 5.73 Å². The molecule has 0 aliphatic carbocycles. The van der Waals surface area contributed by atoms with Crippen LogP contribution in [0.25, 0.3) is 0 Å². The van der Waals surface area contributed by atoms with Gasteiger partial charge < -0.3 is 20.1 Å². The Balaban J connectivity index is 4.16. The monoisotopic (exact) mass is 880 g/mol. The summed E-state index contributed by atoms with van der Waals surface area (Å²) in [5.74, 6) is -0.384. The molecule has 0 aromatic carbocycles.